The van der Waals surface area contributed by atoms with E-state index in [1.165, 1.54) is 37.7 Å². The van der Waals surface area contributed by atoms with Gasteiger partial charge in [0.1, 0.15) is 0 Å². The maximum atomic E-state index is 3.80. The van der Waals surface area contributed by atoms with Crippen molar-refractivity contribution < 1.29 is 0 Å². The Morgan fingerprint density at radius 2 is 2.05 bits per heavy atom. The molecule has 1 aliphatic rings. The lowest BCUT2D eigenvalue weighted by Crippen LogP contribution is -2.26. The Morgan fingerprint density at radius 1 is 1.29 bits per heavy atom. The number of benzene rings is 1. The van der Waals surface area contributed by atoms with E-state index in [1.807, 2.05) is 0 Å². The summed E-state index contributed by atoms with van der Waals surface area (Å²) in [5.41, 5.74) is 5.09. The molecule has 1 aromatic carbocycles. The van der Waals surface area contributed by atoms with Crippen molar-refractivity contribution in [1.29, 1.82) is 0 Å². The molecule has 118 valence electrons. The summed E-state index contributed by atoms with van der Waals surface area (Å²) in [7, 11) is 0. The summed E-state index contributed by atoms with van der Waals surface area (Å²) in [6.45, 7) is 12.8. The van der Waals surface area contributed by atoms with E-state index < -0.39 is 0 Å². The molecule has 0 saturated carbocycles. The van der Waals surface area contributed by atoms with Crippen molar-refractivity contribution in [2.75, 3.05) is 6.54 Å². The fraction of sp³-hybridized carbons (Fsp3) is 0.700. The number of nitrogens with one attached hydrogen (secondary N) is 1. The summed E-state index contributed by atoms with van der Waals surface area (Å²) in [6, 6.07) is 7.78. The van der Waals surface area contributed by atoms with E-state index in [0.29, 0.717) is 11.5 Å². The molecule has 1 heteroatoms. The van der Waals surface area contributed by atoms with Crippen LogP contribution in [-0.2, 0) is 12.8 Å². The molecule has 1 unspecified atom stereocenters. The van der Waals surface area contributed by atoms with E-state index in [-0.39, 0.29) is 0 Å². The molecule has 0 bridgehead atoms. The van der Waals surface area contributed by atoms with Crippen molar-refractivity contribution in [2.45, 2.75) is 72.8 Å². The van der Waals surface area contributed by atoms with Crippen LogP contribution in [0.25, 0.3) is 0 Å². The minimum Gasteiger partial charge on any atom is -0.310 e. The SMILES string of the molecule is CCCNC1CC(C)(C)CCc2ccc(CC(C)C)cc21. The Kier molecular flexibility index (Phi) is 5.48. The van der Waals surface area contributed by atoms with Crippen LogP contribution in [0.5, 0.6) is 0 Å². The van der Waals surface area contributed by atoms with Crippen LogP contribution in [0, 0.1) is 11.3 Å². The lowest BCUT2D eigenvalue weighted by atomic mass is 9.83. The molecule has 0 saturated heterocycles. The minimum absolute atomic E-state index is 0.433. The van der Waals surface area contributed by atoms with Gasteiger partial charge in [0.25, 0.3) is 0 Å². The number of rotatable bonds is 5. The van der Waals surface area contributed by atoms with Gasteiger partial charge in [-0.05, 0) is 66.7 Å². The molecular weight excluding hydrogens is 254 g/mol. The molecule has 0 amide bonds. The second-order valence-electron chi connectivity index (χ2n) is 8.01. The largest absolute Gasteiger partial charge is 0.310 e. The Bertz CT molecular complexity index is 459. The first-order valence-corrected chi connectivity index (χ1v) is 8.76. The van der Waals surface area contributed by atoms with Crippen LogP contribution in [0.1, 0.15) is 76.6 Å². The fourth-order valence-corrected chi connectivity index (χ4v) is 3.53. The highest BCUT2D eigenvalue weighted by Crippen LogP contribution is 2.39. The predicted molar refractivity (Wildman–Crippen MR) is 92.7 cm³/mol. The second-order valence-corrected chi connectivity index (χ2v) is 8.01. The van der Waals surface area contributed by atoms with Crippen LogP contribution in [0.3, 0.4) is 0 Å². The molecule has 0 aliphatic heterocycles. The maximum absolute atomic E-state index is 3.80. The van der Waals surface area contributed by atoms with Crippen molar-refractivity contribution in [3.8, 4) is 0 Å². The lowest BCUT2D eigenvalue weighted by Gasteiger charge is -2.28. The molecule has 0 radical (unpaired) electrons. The highest BCUT2D eigenvalue weighted by Gasteiger charge is 2.29. The van der Waals surface area contributed by atoms with Crippen molar-refractivity contribution >= 4 is 0 Å². The molecule has 0 fully saturated rings. The quantitative estimate of drug-likeness (QED) is 0.726. The predicted octanol–water partition coefficient (Wildman–Crippen LogP) is 5.29. The normalized spacial score (nSPS) is 21.1. The third-order valence-electron chi connectivity index (χ3n) is 4.70. The summed E-state index contributed by atoms with van der Waals surface area (Å²) in [5, 5.41) is 3.80. The van der Waals surface area contributed by atoms with Crippen LogP contribution in [0.2, 0.25) is 0 Å². The molecule has 2 rings (SSSR count). The molecule has 1 N–H and O–H groups in total. The zero-order chi connectivity index (χ0) is 15.5. The summed E-state index contributed by atoms with van der Waals surface area (Å²) in [6.07, 6.45) is 6.18. The van der Waals surface area contributed by atoms with E-state index in [9.17, 15) is 0 Å². The second kappa shape index (κ2) is 6.96. The van der Waals surface area contributed by atoms with Gasteiger partial charge in [0.05, 0.1) is 0 Å². The van der Waals surface area contributed by atoms with Crippen LogP contribution in [0.4, 0.5) is 0 Å². The molecule has 0 heterocycles. The average molecular weight is 287 g/mol. The fourth-order valence-electron chi connectivity index (χ4n) is 3.53. The summed E-state index contributed by atoms with van der Waals surface area (Å²) in [5.74, 6) is 0.729. The van der Waals surface area contributed by atoms with Crippen molar-refractivity contribution in [1.82, 2.24) is 5.32 Å². The third-order valence-corrected chi connectivity index (χ3v) is 4.70. The van der Waals surface area contributed by atoms with Gasteiger partial charge in [0, 0.05) is 6.04 Å². The average Bonchev–Trinajstić information content (AvgIpc) is 2.53. The molecule has 0 spiro atoms. The first-order valence-electron chi connectivity index (χ1n) is 8.76. The smallest absolute Gasteiger partial charge is 0.0328 e. The molecule has 1 nitrogen and oxygen atoms in total. The van der Waals surface area contributed by atoms with Crippen LogP contribution in [0.15, 0.2) is 18.2 Å². The van der Waals surface area contributed by atoms with Gasteiger partial charge >= 0.3 is 0 Å². The Balaban J connectivity index is 2.30. The lowest BCUT2D eigenvalue weighted by molar-refractivity contribution is 0.273. The Hall–Kier alpha value is -0.820. The van der Waals surface area contributed by atoms with Crippen molar-refractivity contribution in [3.63, 3.8) is 0 Å². The van der Waals surface area contributed by atoms with Gasteiger partial charge in [0.2, 0.25) is 0 Å². The summed E-state index contributed by atoms with van der Waals surface area (Å²) < 4.78 is 0. The van der Waals surface area contributed by atoms with Gasteiger partial charge in [-0.15, -0.1) is 0 Å². The zero-order valence-electron chi connectivity index (χ0n) is 14.6. The number of aryl methyl sites for hydroxylation is 1. The van der Waals surface area contributed by atoms with Crippen LogP contribution < -0.4 is 5.32 Å². The molecule has 1 aliphatic carbocycles. The molecule has 1 atom stereocenters. The highest BCUT2D eigenvalue weighted by molar-refractivity contribution is 5.36. The van der Waals surface area contributed by atoms with Gasteiger partial charge in [-0.3, -0.25) is 0 Å². The van der Waals surface area contributed by atoms with E-state index in [2.05, 4.69) is 58.1 Å². The summed E-state index contributed by atoms with van der Waals surface area (Å²) in [4.78, 5) is 0. The zero-order valence-corrected chi connectivity index (χ0v) is 14.6. The molecular formula is C20H33N. The Morgan fingerprint density at radius 3 is 2.71 bits per heavy atom. The standard InChI is InChI=1S/C20H33N/c1-6-11-21-19-14-20(4,5)10-9-17-8-7-16(12-15(2)3)13-18(17)19/h7-8,13,15,19,21H,6,9-12,14H2,1-5H3. The first kappa shape index (κ1) is 16.5. The topological polar surface area (TPSA) is 12.0 Å². The number of hydrogen-bond donors (Lipinski definition) is 1. The van der Waals surface area contributed by atoms with Gasteiger partial charge in [0.15, 0.2) is 0 Å². The summed E-state index contributed by atoms with van der Waals surface area (Å²) >= 11 is 0. The highest BCUT2D eigenvalue weighted by atomic mass is 14.9. The van der Waals surface area contributed by atoms with Gasteiger partial charge in [-0.25, -0.2) is 0 Å². The number of fused-ring (bicyclic) bond motifs is 1. The Labute approximate surface area is 131 Å². The van der Waals surface area contributed by atoms with Gasteiger partial charge in [-0.1, -0.05) is 52.8 Å². The maximum Gasteiger partial charge on any atom is 0.0328 e. The molecule has 0 aromatic heterocycles. The van der Waals surface area contributed by atoms with Crippen LogP contribution in [-0.4, -0.2) is 6.54 Å². The number of hydrogen-bond acceptors (Lipinski definition) is 1. The van der Waals surface area contributed by atoms with E-state index >= 15 is 0 Å². The first-order chi connectivity index (χ1) is 9.91. The van der Waals surface area contributed by atoms with Crippen LogP contribution >= 0.6 is 0 Å². The molecule has 1 aromatic rings. The third kappa shape index (κ3) is 4.57. The van der Waals surface area contributed by atoms with Crippen molar-refractivity contribution in [2.24, 2.45) is 11.3 Å². The van der Waals surface area contributed by atoms with Gasteiger partial charge in [-0.2, -0.15) is 0 Å². The monoisotopic (exact) mass is 287 g/mol. The van der Waals surface area contributed by atoms with E-state index in [1.54, 1.807) is 11.1 Å². The molecule has 21 heavy (non-hydrogen) atoms. The van der Waals surface area contributed by atoms with Gasteiger partial charge < -0.3 is 5.32 Å². The van der Waals surface area contributed by atoms with E-state index in [4.69, 9.17) is 0 Å². The van der Waals surface area contributed by atoms with E-state index in [0.717, 1.165) is 12.5 Å². The minimum atomic E-state index is 0.433. The van der Waals surface area contributed by atoms with Crippen molar-refractivity contribution in [3.05, 3.63) is 34.9 Å².